The van der Waals surface area contributed by atoms with Crippen LogP contribution >= 0.6 is 11.8 Å². The number of rotatable bonds is 40. The quantitative estimate of drug-likeness (QED) is 0.0357. The van der Waals surface area contributed by atoms with Gasteiger partial charge in [0.2, 0.25) is 23.5 Å². The molecule has 18 heteroatoms. The van der Waals surface area contributed by atoms with Crippen LogP contribution in [0, 0.1) is 0 Å². The average Bonchev–Trinajstić information content (AvgIpc) is 3.17. The molecule has 0 saturated carbocycles. The lowest BCUT2D eigenvalue weighted by Crippen LogP contribution is -2.46. The molecule has 0 saturated heterocycles. The molecule has 1 unspecified atom stereocenters. The summed E-state index contributed by atoms with van der Waals surface area (Å²) in [6, 6.07) is -1.15. The molecule has 1 atom stereocenters. The molecule has 17 nitrogen and oxygen atoms in total. The Labute approximate surface area is 374 Å². The zero-order valence-corrected chi connectivity index (χ0v) is 39.4. The van der Waals surface area contributed by atoms with Crippen molar-refractivity contribution < 1.29 is 67.1 Å². The number of carboxylic acids is 1. The summed E-state index contributed by atoms with van der Waals surface area (Å²) in [6.45, 7) is 12.9. The number of esters is 2. The van der Waals surface area contributed by atoms with Crippen LogP contribution in [0.25, 0.3) is 0 Å². The average molecular weight is 906 g/mol. The van der Waals surface area contributed by atoms with E-state index in [2.05, 4.69) is 16.0 Å². The minimum absolute atomic E-state index is 0.0808. The van der Waals surface area contributed by atoms with Crippen LogP contribution < -0.4 is 16.0 Å². The number of Topliss-reactive ketones (excluding diaryl/α,β-unsaturated/α-hetero) is 1. The number of ether oxygens (including phenoxy) is 6. The first-order valence-corrected chi connectivity index (χ1v) is 23.5. The van der Waals surface area contributed by atoms with Crippen molar-refractivity contribution in [3.8, 4) is 0 Å². The van der Waals surface area contributed by atoms with E-state index in [-0.39, 0.29) is 31.8 Å². The smallest absolute Gasteiger partial charge is 0.375 e. The normalized spacial score (nSPS) is 12.0. The van der Waals surface area contributed by atoms with Crippen molar-refractivity contribution in [1.29, 1.82) is 0 Å². The summed E-state index contributed by atoms with van der Waals surface area (Å²) in [5.41, 5.74) is -1.45. The van der Waals surface area contributed by atoms with Gasteiger partial charge < -0.3 is 49.5 Å². The maximum absolute atomic E-state index is 12.3. The molecular formula is C44H79N3O14S. The van der Waals surface area contributed by atoms with Crippen molar-refractivity contribution in [1.82, 2.24) is 16.0 Å². The summed E-state index contributed by atoms with van der Waals surface area (Å²) in [6.07, 6.45) is 12.2. The van der Waals surface area contributed by atoms with Gasteiger partial charge in [0, 0.05) is 45.6 Å². The topological polar surface area (TPSA) is 231 Å². The van der Waals surface area contributed by atoms with Gasteiger partial charge in [0.15, 0.2) is 0 Å². The molecule has 62 heavy (non-hydrogen) atoms. The van der Waals surface area contributed by atoms with Crippen molar-refractivity contribution in [3.05, 3.63) is 0 Å². The number of carboxylic acid groups (broad SMARTS) is 1. The molecule has 0 aliphatic heterocycles. The van der Waals surface area contributed by atoms with E-state index in [9.17, 15) is 33.6 Å². The standard InChI is InChI=1S/C44H79N3O14S/c1-43(2,3)60-41(54)35(21-22-40(52)53)47-39(51)34-59-33-38(50)46-24-18-26-57-28-30-58-29-27-56-25-17-23-45-37(49)20-14-10-8-12-16-32-62-31-15-11-7-9-13-19-36(48)42(55)61-44(4,5)6/h35H,7-34H2,1-6H3,(H,45,49)(H,46,50)(H,47,51)(H,52,53). The van der Waals surface area contributed by atoms with Crippen molar-refractivity contribution in [2.45, 2.75) is 162 Å². The summed E-state index contributed by atoms with van der Waals surface area (Å²) in [5, 5.41) is 16.9. The fourth-order valence-electron chi connectivity index (χ4n) is 5.43. The van der Waals surface area contributed by atoms with Crippen LogP contribution in [0.4, 0.5) is 0 Å². The van der Waals surface area contributed by atoms with Crippen LogP contribution in [0.2, 0.25) is 0 Å². The minimum Gasteiger partial charge on any atom is -0.481 e. The number of thioether (sulfide) groups is 1. The second-order valence-electron chi connectivity index (χ2n) is 16.9. The van der Waals surface area contributed by atoms with Crippen molar-refractivity contribution in [2.24, 2.45) is 0 Å². The van der Waals surface area contributed by atoms with Crippen LogP contribution in [0.15, 0.2) is 0 Å². The number of hydrogen-bond acceptors (Lipinski definition) is 14. The molecule has 0 aliphatic carbocycles. The van der Waals surface area contributed by atoms with E-state index < -0.39 is 59.4 Å². The highest BCUT2D eigenvalue weighted by Gasteiger charge is 2.27. The Balaban J connectivity index is 3.53. The highest BCUT2D eigenvalue weighted by atomic mass is 32.2. The molecule has 360 valence electrons. The maximum atomic E-state index is 12.3. The second-order valence-corrected chi connectivity index (χ2v) is 18.1. The van der Waals surface area contributed by atoms with Crippen LogP contribution in [0.1, 0.15) is 144 Å². The van der Waals surface area contributed by atoms with Gasteiger partial charge >= 0.3 is 17.9 Å². The Morgan fingerprint density at radius 3 is 1.52 bits per heavy atom. The number of carbonyl (C=O) groups excluding carboxylic acids is 6. The first-order valence-electron chi connectivity index (χ1n) is 22.3. The summed E-state index contributed by atoms with van der Waals surface area (Å²) in [5.74, 6) is -1.73. The van der Waals surface area contributed by atoms with Crippen LogP contribution in [-0.4, -0.2) is 141 Å². The molecule has 0 bridgehead atoms. The second kappa shape index (κ2) is 37.1. The third-order valence-electron chi connectivity index (χ3n) is 8.47. The van der Waals surface area contributed by atoms with E-state index in [4.69, 9.17) is 33.5 Å². The highest BCUT2D eigenvalue weighted by molar-refractivity contribution is 7.99. The number of ketones is 1. The zero-order valence-electron chi connectivity index (χ0n) is 38.5. The molecule has 0 rings (SSSR count). The van der Waals surface area contributed by atoms with E-state index in [0.29, 0.717) is 65.6 Å². The maximum Gasteiger partial charge on any atom is 0.375 e. The van der Waals surface area contributed by atoms with Gasteiger partial charge in [-0.3, -0.25) is 24.0 Å². The summed E-state index contributed by atoms with van der Waals surface area (Å²) < 4.78 is 32.0. The summed E-state index contributed by atoms with van der Waals surface area (Å²) >= 11 is 1.99. The van der Waals surface area contributed by atoms with E-state index in [1.807, 2.05) is 11.8 Å². The van der Waals surface area contributed by atoms with Crippen molar-refractivity contribution in [3.63, 3.8) is 0 Å². The third-order valence-corrected chi connectivity index (χ3v) is 9.63. The third kappa shape index (κ3) is 40.7. The van der Waals surface area contributed by atoms with E-state index in [0.717, 1.165) is 62.9 Å². The van der Waals surface area contributed by atoms with Crippen molar-refractivity contribution in [2.75, 3.05) is 77.5 Å². The number of aliphatic carboxylic acids is 1. The Bertz CT molecular complexity index is 1270. The van der Waals surface area contributed by atoms with Gasteiger partial charge in [-0.15, -0.1) is 0 Å². The molecule has 0 spiro atoms. The predicted molar refractivity (Wildman–Crippen MR) is 237 cm³/mol. The highest BCUT2D eigenvalue weighted by Crippen LogP contribution is 2.15. The number of nitrogens with one attached hydrogen (secondary N) is 3. The van der Waals surface area contributed by atoms with Crippen molar-refractivity contribution >= 4 is 53.2 Å². The van der Waals surface area contributed by atoms with Gasteiger partial charge in [0.05, 0.1) is 26.4 Å². The Kier molecular flexibility index (Phi) is 35.1. The molecule has 0 radical (unpaired) electrons. The first-order chi connectivity index (χ1) is 29.4. The van der Waals surface area contributed by atoms with Gasteiger partial charge in [0.25, 0.3) is 0 Å². The fourth-order valence-corrected chi connectivity index (χ4v) is 6.45. The molecule has 0 aromatic heterocycles. The fraction of sp³-hybridized carbons (Fsp3) is 0.841. The van der Waals surface area contributed by atoms with Gasteiger partial charge in [-0.1, -0.05) is 38.5 Å². The van der Waals surface area contributed by atoms with Gasteiger partial charge in [-0.05, 0) is 98.0 Å². The largest absolute Gasteiger partial charge is 0.481 e. The molecule has 3 amide bonds. The molecule has 0 aromatic rings. The van der Waals surface area contributed by atoms with E-state index >= 15 is 0 Å². The number of carbonyl (C=O) groups is 7. The molecule has 0 aliphatic rings. The zero-order chi connectivity index (χ0) is 46.5. The van der Waals surface area contributed by atoms with Crippen LogP contribution in [0.5, 0.6) is 0 Å². The predicted octanol–water partition coefficient (Wildman–Crippen LogP) is 5.08. The Morgan fingerprint density at radius 1 is 0.516 bits per heavy atom. The summed E-state index contributed by atoms with van der Waals surface area (Å²) in [7, 11) is 0. The lowest BCUT2D eigenvalue weighted by atomic mass is 10.1. The first kappa shape index (κ1) is 58.7. The Hall–Kier alpha value is -3.32. The van der Waals surface area contributed by atoms with Gasteiger partial charge in [-0.2, -0.15) is 11.8 Å². The van der Waals surface area contributed by atoms with Crippen LogP contribution in [0.3, 0.4) is 0 Å². The number of amides is 3. The van der Waals surface area contributed by atoms with E-state index in [1.165, 1.54) is 19.3 Å². The minimum atomic E-state index is -1.15. The van der Waals surface area contributed by atoms with Gasteiger partial charge in [0.1, 0.15) is 30.5 Å². The number of hydrogen-bond donors (Lipinski definition) is 4. The molecule has 4 N–H and O–H groups in total. The molecule has 0 heterocycles. The summed E-state index contributed by atoms with van der Waals surface area (Å²) in [4.78, 5) is 83.1. The number of unbranched alkanes of at least 4 members (excludes halogenated alkanes) is 8. The lowest BCUT2D eigenvalue weighted by molar-refractivity contribution is -0.162. The van der Waals surface area contributed by atoms with Crippen LogP contribution in [-0.2, 0) is 62.0 Å². The Morgan fingerprint density at radius 2 is 0.984 bits per heavy atom. The van der Waals surface area contributed by atoms with E-state index in [1.54, 1.807) is 41.5 Å². The molecule has 0 aromatic carbocycles. The monoisotopic (exact) mass is 906 g/mol. The lowest BCUT2D eigenvalue weighted by Gasteiger charge is -2.24. The molecular weight excluding hydrogens is 827 g/mol. The van der Waals surface area contributed by atoms with Gasteiger partial charge in [-0.25, -0.2) is 9.59 Å². The SMILES string of the molecule is CC(C)(C)OC(=O)C(=O)CCCCCCCSCCCCCCCC(=O)NCCCOCCOCCOCCCNC(=O)COCC(=O)NC(CCC(=O)O)C(=O)OC(C)(C)C. The molecule has 0 fully saturated rings.